The van der Waals surface area contributed by atoms with Crippen LogP contribution in [0, 0.1) is 0 Å². The molecule has 142 heavy (non-hydrogen) atoms. The summed E-state index contributed by atoms with van der Waals surface area (Å²) in [7, 11) is 0. The highest BCUT2D eigenvalue weighted by atomic mass is 35.6. The molecule has 31 heteroatoms. The topological polar surface area (TPSA) is 313 Å². The van der Waals surface area contributed by atoms with E-state index in [2.05, 4.69) is 11.9 Å². The summed E-state index contributed by atoms with van der Waals surface area (Å²) >= 11 is 20.1. The molecule has 30 atom stereocenters. The Morgan fingerprint density at radius 1 is 0.296 bits per heavy atom. The first-order valence-electron chi connectivity index (χ1n) is 48.2. The van der Waals surface area contributed by atoms with Crippen LogP contribution in [0.15, 0.2) is 316 Å². The van der Waals surface area contributed by atoms with Crippen LogP contribution in [-0.2, 0) is 175 Å². The second kappa shape index (κ2) is 53.0. The minimum absolute atomic E-state index is 0.00831. The number of amides is 1. The Hall–Kier alpha value is -8.76. The van der Waals surface area contributed by atoms with Crippen LogP contribution in [0.3, 0.4) is 0 Å². The van der Waals surface area contributed by atoms with Gasteiger partial charge in [-0.05, 0) is 83.3 Å². The zero-order valence-corrected chi connectivity index (χ0v) is 81.7. The van der Waals surface area contributed by atoms with E-state index in [1.165, 1.54) is 0 Å². The molecule has 6 saturated heterocycles. The van der Waals surface area contributed by atoms with Crippen molar-refractivity contribution in [2.75, 3.05) is 19.8 Å². The van der Waals surface area contributed by atoms with Crippen LogP contribution in [0.1, 0.15) is 83.3 Å². The van der Waals surface area contributed by atoms with Crippen LogP contribution in [0.4, 0.5) is 0 Å². The molecule has 5 N–H and O–H groups in total. The van der Waals surface area contributed by atoms with Crippen molar-refractivity contribution < 1.29 is 129 Å². The minimum Gasteiger partial charge on any atom is -0.394 e. The van der Waals surface area contributed by atoms with Crippen molar-refractivity contribution in [2.45, 2.75) is 282 Å². The largest absolute Gasteiger partial charge is 0.394 e. The van der Waals surface area contributed by atoms with Crippen molar-refractivity contribution in [3.05, 3.63) is 372 Å². The van der Waals surface area contributed by atoms with Gasteiger partial charge in [0.15, 0.2) is 37.7 Å². The number of aliphatic hydroxyl groups is 4. The quantitative estimate of drug-likeness (QED) is 0.0175. The summed E-state index contributed by atoms with van der Waals surface area (Å²) in [5.74, 6) is -1.31. The van der Waals surface area contributed by atoms with E-state index in [4.69, 9.17) is 139 Å². The zero-order chi connectivity index (χ0) is 98.7. The number of aliphatic hydroxyl groups excluding tert-OH is 4. The number of carbonyl (C=O) groups is 1. The van der Waals surface area contributed by atoms with Gasteiger partial charge < -0.3 is 130 Å². The lowest BCUT2D eigenvalue weighted by molar-refractivity contribution is -0.412. The minimum atomic E-state index is -2.81. The molecule has 16 rings (SSSR count). The number of rotatable bonds is 46. The first kappa shape index (κ1) is 106. The molecule has 0 unspecified atom stereocenters. The first-order chi connectivity index (χ1) is 69.3. The molecule has 0 bridgehead atoms. The predicted octanol–water partition coefficient (Wildman–Crippen LogP) is 15.0. The number of halogens is 3. The van der Waals surface area contributed by atoms with Crippen molar-refractivity contribution >= 4 is 40.7 Å². The summed E-state index contributed by atoms with van der Waals surface area (Å²) in [6.45, 7) is 10.2. The third kappa shape index (κ3) is 28.8. The Labute approximate surface area is 843 Å². The maximum Gasteiger partial charge on any atom is 0.272 e. The number of benzene rings is 10. The maximum absolute atomic E-state index is 15.2. The number of nitrogens with one attached hydrogen (secondary N) is 1. The molecule has 1 amide bonds. The number of carbonyl (C=O) groups excluding carboxylic acids is 1. The van der Waals surface area contributed by atoms with Crippen molar-refractivity contribution in [3.63, 3.8) is 0 Å². The normalized spacial score (nSPS) is 31.2. The summed E-state index contributed by atoms with van der Waals surface area (Å²) in [5, 5.41) is 54.4. The number of hydrogen-bond acceptors (Lipinski definition) is 27. The number of ether oxygens (including phenoxy) is 22. The van der Waals surface area contributed by atoms with Gasteiger partial charge in [-0.1, -0.05) is 344 Å². The number of hydrogen-bond donors (Lipinski definition) is 5. The fourth-order valence-corrected chi connectivity index (χ4v) is 18.6. The molecule has 10 aromatic rings. The molecule has 0 saturated carbocycles. The van der Waals surface area contributed by atoms with Crippen LogP contribution in [0.5, 0.6) is 0 Å². The average molecular weight is 2010 g/mol. The van der Waals surface area contributed by atoms with Crippen LogP contribution >= 0.6 is 34.8 Å². The third-order valence-corrected chi connectivity index (χ3v) is 26.3. The standard InChI is InChI=1S/C111H126Cl3NO27/c1-6-57-122-107-102(98(129-66-81-51-31-14-32-52-81)92(72(4)134-107)125-62-77-43-23-10-24-44-77)142-109-103(100(93(73(5)135-109)126-63-78-45-25-11-26-46-78)140-108-101(131-68-83-55-35-16-36-56-83)99(130-67-82-53-33-15-34-54-82)94(127-64-79-47-27-12-28-48-79)85(137-108)69-121-59-74-37-17-7-18-38-74)141-104-86(115-110(120)111(112,113)114)95(87(117)84(58-116)136-104)138-106-89(119)97(91(71(3)133-106)124-61-76-41-21-9-22-42-76)139-105-88(118)96(128-65-80-49-29-13-30-50-80)90(70(2)132-105)123-60-75-39-19-8-20-40-75/h6-56,70-73,84-109,116-119H,1,57-69H2,2-5H3,(H,115,120)/t70-,71-,72-,73-,84+,85+,86+,87+,88+,89+,90-,91-,92-,93-,94+,95+,96-,97-,98+,99-,100+,101+,102+,103+,104-,105-,106-,107+,108+,109-/m0/s1. The fourth-order valence-electron chi connectivity index (χ4n) is 18.4. The maximum atomic E-state index is 15.2. The molecule has 28 nitrogen and oxygen atoms in total. The van der Waals surface area contributed by atoms with Crippen molar-refractivity contribution in [2.24, 2.45) is 0 Å². The summed E-state index contributed by atoms with van der Waals surface area (Å²) < 4.78 is 154. The lowest BCUT2D eigenvalue weighted by Crippen LogP contribution is -2.71. The molecule has 0 spiro atoms. The summed E-state index contributed by atoms with van der Waals surface area (Å²) in [4.78, 5) is 15.2. The Bertz CT molecular complexity index is 5320. The van der Waals surface area contributed by atoms with Gasteiger partial charge in [-0.15, -0.1) is 6.58 Å². The van der Waals surface area contributed by atoms with Gasteiger partial charge in [-0.25, -0.2) is 0 Å². The monoisotopic (exact) mass is 2010 g/mol. The highest BCUT2D eigenvalue weighted by molar-refractivity contribution is 6.76. The molecule has 758 valence electrons. The smallest absolute Gasteiger partial charge is 0.272 e. The van der Waals surface area contributed by atoms with E-state index in [9.17, 15) is 20.4 Å². The Morgan fingerprint density at radius 2 is 0.563 bits per heavy atom. The second-order valence-electron chi connectivity index (χ2n) is 36.1. The Morgan fingerprint density at radius 3 is 0.944 bits per heavy atom. The SMILES string of the molecule is C=CCO[C@@H]1O[C@@H](C)[C@H](OCc2ccccc2)[C@@H](OCc2ccccc2)[C@H]1O[C@@H]1O[C@@H](C)[C@H](OCc2ccccc2)[C@@H](O[C@H]2O[C@H](COCc3ccccc3)[C@@H](OCc3ccccc3)[C@H](OCc3ccccc3)[C@H]2OCc2ccccc2)[C@H]1O[C@@H]1O[C@H](CO)[C@@H](O)[C@H](O[C@@H]2O[C@@H](C)[C@H](OCc3ccccc3)[C@@H](O[C@@H]3O[C@@H](C)[C@H](OCc4ccccc4)[C@@H](OCc4ccccc4)[C@H]3O)[C@H]2O)[C@H]1NC(=O)C(Cl)(Cl)Cl. The van der Waals surface area contributed by atoms with Crippen LogP contribution in [-0.4, -0.2) is 234 Å². The van der Waals surface area contributed by atoms with Gasteiger partial charge in [-0.3, -0.25) is 4.79 Å². The van der Waals surface area contributed by atoms with Gasteiger partial charge in [0.1, 0.15) is 122 Å². The molecule has 10 aromatic carbocycles. The highest BCUT2D eigenvalue weighted by Gasteiger charge is 2.61. The zero-order valence-electron chi connectivity index (χ0n) is 79.5. The summed E-state index contributed by atoms with van der Waals surface area (Å²) in [5.41, 5.74) is 8.04. The first-order valence-corrected chi connectivity index (χ1v) is 49.4. The van der Waals surface area contributed by atoms with Crippen LogP contribution in [0.25, 0.3) is 0 Å². The number of alkyl halides is 3. The summed E-state index contributed by atoms with van der Waals surface area (Å²) in [6.07, 6.45) is -39.5. The van der Waals surface area contributed by atoms with Gasteiger partial charge in [0.05, 0.1) is 110 Å². The molecular formula is C111H126Cl3NO27. The predicted molar refractivity (Wildman–Crippen MR) is 524 cm³/mol. The molecule has 0 aliphatic carbocycles. The molecule has 6 aliphatic rings. The molecule has 6 fully saturated rings. The lowest BCUT2D eigenvalue weighted by atomic mass is 9.94. The van der Waals surface area contributed by atoms with E-state index in [1.54, 1.807) is 26.8 Å². The van der Waals surface area contributed by atoms with Crippen molar-refractivity contribution in [1.82, 2.24) is 5.32 Å². The molecule has 0 radical (unpaired) electrons. The van der Waals surface area contributed by atoms with Crippen LogP contribution < -0.4 is 5.32 Å². The van der Waals surface area contributed by atoms with E-state index in [-0.39, 0.29) is 79.3 Å². The molecular weight excluding hydrogens is 1890 g/mol. The van der Waals surface area contributed by atoms with Gasteiger partial charge in [-0.2, -0.15) is 0 Å². The van der Waals surface area contributed by atoms with Crippen molar-refractivity contribution in [1.29, 1.82) is 0 Å². The second-order valence-corrected chi connectivity index (χ2v) is 38.3. The highest BCUT2D eigenvalue weighted by Crippen LogP contribution is 2.44. The lowest BCUT2D eigenvalue weighted by Gasteiger charge is -2.53. The average Bonchev–Trinajstić information content (AvgIpc) is 0.752. The van der Waals surface area contributed by atoms with E-state index in [0.717, 1.165) is 55.6 Å². The fraction of sp³-hybridized carbons (Fsp3) is 0.432. The van der Waals surface area contributed by atoms with Crippen LogP contribution in [0.2, 0.25) is 0 Å². The van der Waals surface area contributed by atoms with Gasteiger partial charge in [0, 0.05) is 0 Å². The van der Waals surface area contributed by atoms with E-state index < -0.39 is 200 Å². The summed E-state index contributed by atoms with van der Waals surface area (Å²) in [6, 6.07) is 93.4. The third-order valence-electron chi connectivity index (χ3n) is 25.8. The Balaban J connectivity index is 0.830. The van der Waals surface area contributed by atoms with Gasteiger partial charge in [0.25, 0.3) is 9.70 Å². The van der Waals surface area contributed by atoms with E-state index in [1.807, 2.05) is 310 Å². The molecule has 6 aliphatic heterocycles. The van der Waals surface area contributed by atoms with Gasteiger partial charge >= 0.3 is 0 Å². The van der Waals surface area contributed by atoms with E-state index in [0.29, 0.717) is 0 Å². The van der Waals surface area contributed by atoms with Gasteiger partial charge in [0.2, 0.25) is 0 Å². The molecule has 6 heterocycles. The van der Waals surface area contributed by atoms with E-state index >= 15 is 4.79 Å². The Kier molecular flexibility index (Phi) is 39.6. The molecule has 0 aromatic heterocycles. The van der Waals surface area contributed by atoms with Crippen molar-refractivity contribution in [3.8, 4) is 0 Å².